The summed E-state index contributed by atoms with van der Waals surface area (Å²) in [6, 6.07) is 27.1. The Hall–Kier alpha value is -3.66. The van der Waals surface area contributed by atoms with Crippen LogP contribution in [0.4, 0.5) is 0 Å². The first kappa shape index (κ1) is 17.7. The zero-order valence-corrected chi connectivity index (χ0v) is 15.5. The molecule has 0 aliphatic carbocycles. The van der Waals surface area contributed by atoms with Crippen molar-refractivity contribution in [3.63, 3.8) is 0 Å². The molecule has 1 heterocycles. The molecule has 0 saturated heterocycles. The van der Waals surface area contributed by atoms with Crippen LogP contribution in [0.25, 0.3) is 22.6 Å². The standard InChI is InChI=1S/C24H19NO3/c1-17-22(25-24(27-17)20-10-6-3-7-11-20)16-23(26)28-21-14-12-19(13-15-21)18-8-4-2-5-9-18/h2-15H,16H2,1H3. The minimum absolute atomic E-state index is 0.0581. The van der Waals surface area contributed by atoms with Crippen molar-refractivity contribution < 1.29 is 13.9 Å². The number of esters is 1. The lowest BCUT2D eigenvalue weighted by Gasteiger charge is -2.05. The van der Waals surface area contributed by atoms with Gasteiger partial charge < -0.3 is 9.15 Å². The highest BCUT2D eigenvalue weighted by Gasteiger charge is 2.16. The summed E-state index contributed by atoms with van der Waals surface area (Å²) in [6.45, 7) is 1.80. The Labute approximate surface area is 163 Å². The average Bonchev–Trinajstić information content (AvgIpc) is 3.10. The molecule has 0 radical (unpaired) electrons. The molecule has 0 unspecified atom stereocenters. The summed E-state index contributed by atoms with van der Waals surface area (Å²) in [7, 11) is 0. The van der Waals surface area contributed by atoms with E-state index in [4.69, 9.17) is 9.15 Å². The van der Waals surface area contributed by atoms with Gasteiger partial charge in [-0.05, 0) is 42.3 Å². The Morgan fingerprint density at radius 3 is 2.04 bits per heavy atom. The van der Waals surface area contributed by atoms with Gasteiger partial charge in [-0.2, -0.15) is 0 Å². The molecule has 0 aliphatic rings. The zero-order chi connectivity index (χ0) is 19.3. The van der Waals surface area contributed by atoms with E-state index in [1.165, 1.54) is 0 Å². The van der Waals surface area contributed by atoms with E-state index in [2.05, 4.69) is 4.98 Å². The minimum atomic E-state index is -0.372. The molecule has 4 heteroatoms. The van der Waals surface area contributed by atoms with Crippen molar-refractivity contribution in [1.29, 1.82) is 0 Å². The van der Waals surface area contributed by atoms with E-state index in [0.29, 0.717) is 23.1 Å². The smallest absolute Gasteiger partial charge is 0.317 e. The van der Waals surface area contributed by atoms with Gasteiger partial charge in [0.1, 0.15) is 11.5 Å². The van der Waals surface area contributed by atoms with Crippen LogP contribution in [0.3, 0.4) is 0 Å². The Bertz CT molecular complexity index is 1070. The van der Waals surface area contributed by atoms with Crippen molar-refractivity contribution >= 4 is 5.97 Å². The molecule has 0 spiro atoms. The zero-order valence-electron chi connectivity index (χ0n) is 15.5. The van der Waals surface area contributed by atoms with Gasteiger partial charge in [-0.15, -0.1) is 0 Å². The van der Waals surface area contributed by atoms with Crippen LogP contribution in [0, 0.1) is 6.92 Å². The van der Waals surface area contributed by atoms with E-state index < -0.39 is 0 Å². The number of nitrogens with zero attached hydrogens (tertiary/aromatic N) is 1. The fraction of sp³-hybridized carbons (Fsp3) is 0.0833. The van der Waals surface area contributed by atoms with E-state index in [-0.39, 0.29) is 12.4 Å². The highest BCUT2D eigenvalue weighted by Crippen LogP contribution is 2.24. The summed E-state index contributed by atoms with van der Waals surface area (Å²) < 4.78 is 11.2. The number of benzene rings is 3. The Morgan fingerprint density at radius 1 is 0.821 bits per heavy atom. The fourth-order valence-electron chi connectivity index (χ4n) is 2.95. The highest BCUT2D eigenvalue weighted by molar-refractivity contribution is 5.75. The maximum absolute atomic E-state index is 12.3. The van der Waals surface area contributed by atoms with E-state index in [0.717, 1.165) is 16.7 Å². The molecule has 4 rings (SSSR count). The maximum Gasteiger partial charge on any atom is 0.317 e. The van der Waals surface area contributed by atoms with Gasteiger partial charge in [0.05, 0.1) is 12.1 Å². The Kier molecular flexibility index (Phi) is 5.02. The molecule has 0 N–H and O–H groups in total. The third-order valence-electron chi connectivity index (χ3n) is 4.42. The Balaban J connectivity index is 1.43. The number of hydrogen-bond donors (Lipinski definition) is 0. The molecule has 4 nitrogen and oxygen atoms in total. The van der Waals surface area contributed by atoms with E-state index >= 15 is 0 Å². The first-order valence-electron chi connectivity index (χ1n) is 9.07. The molecule has 1 aromatic heterocycles. The normalized spacial score (nSPS) is 10.6. The van der Waals surface area contributed by atoms with Crippen molar-refractivity contribution in [2.24, 2.45) is 0 Å². The maximum atomic E-state index is 12.3. The van der Waals surface area contributed by atoms with Crippen LogP contribution >= 0.6 is 0 Å². The van der Waals surface area contributed by atoms with Crippen molar-refractivity contribution in [1.82, 2.24) is 4.98 Å². The Morgan fingerprint density at radius 2 is 1.39 bits per heavy atom. The van der Waals surface area contributed by atoms with E-state index in [1.807, 2.05) is 72.8 Å². The lowest BCUT2D eigenvalue weighted by atomic mass is 10.1. The average molecular weight is 369 g/mol. The van der Waals surface area contributed by atoms with Gasteiger partial charge in [0.2, 0.25) is 5.89 Å². The molecule has 3 aromatic carbocycles. The van der Waals surface area contributed by atoms with Gasteiger partial charge in [0.15, 0.2) is 0 Å². The van der Waals surface area contributed by atoms with Crippen LogP contribution in [-0.4, -0.2) is 11.0 Å². The molecule has 138 valence electrons. The van der Waals surface area contributed by atoms with E-state index in [9.17, 15) is 4.79 Å². The SMILES string of the molecule is Cc1oc(-c2ccccc2)nc1CC(=O)Oc1ccc(-c2ccccc2)cc1. The van der Waals surface area contributed by atoms with Crippen LogP contribution in [-0.2, 0) is 11.2 Å². The van der Waals surface area contributed by atoms with Crippen molar-refractivity contribution in [2.45, 2.75) is 13.3 Å². The van der Waals surface area contributed by atoms with Gasteiger partial charge in [-0.3, -0.25) is 4.79 Å². The highest BCUT2D eigenvalue weighted by atomic mass is 16.5. The molecule has 4 aromatic rings. The van der Waals surface area contributed by atoms with Crippen molar-refractivity contribution in [3.05, 3.63) is 96.4 Å². The number of carbonyl (C=O) groups is 1. The van der Waals surface area contributed by atoms with Gasteiger partial charge in [-0.1, -0.05) is 60.7 Å². The van der Waals surface area contributed by atoms with Crippen LogP contribution in [0.15, 0.2) is 89.3 Å². The molecular formula is C24H19NO3. The molecule has 0 aliphatic heterocycles. The van der Waals surface area contributed by atoms with Crippen LogP contribution in [0.5, 0.6) is 5.75 Å². The summed E-state index contributed by atoms with van der Waals surface area (Å²) in [6.07, 6.45) is 0.0581. The lowest BCUT2D eigenvalue weighted by Crippen LogP contribution is -2.12. The predicted octanol–water partition coefficient (Wildman–Crippen LogP) is 5.47. The van der Waals surface area contributed by atoms with Gasteiger partial charge in [0, 0.05) is 5.56 Å². The molecule has 0 amide bonds. The third kappa shape index (κ3) is 4.01. The largest absolute Gasteiger partial charge is 0.441 e. The third-order valence-corrected chi connectivity index (χ3v) is 4.42. The number of carbonyl (C=O) groups excluding carboxylic acids is 1. The second kappa shape index (κ2) is 7.92. The molecule has 28 heavy (non-hydrogen) atoms. The van der Waals surface area contributed by atoms with Crippen LogP contribution in [0.2, 0.25) is 0 Å². The number of aromatic nitrogens is 1. The molecular weight excluding hydrogens is 350 g/mol. The molecule has 0 atom stereocenters. The molecule has 0 fully saturated rings. The van der Waals surface area contributed by atoms with Gasteiger partial charge in [0.25, 0.3) is 0 Å². The van der Waals surface area contributed by atoms with Gasteiger partial charge in [-0.25, -0.2) is 4.98 Å². The topological polar surface area (TPSA) is 52.3 Å². The van der Waals surface area contributed by atoms with Crippen LogP contribution in [0.1, 0.15) is 11.5 Å². The second-order valence-electron chi connectivity index (χ2n) is 6.43. The number of hydrogen-bond acceptors (Lipinski definition) is 4. The summed E-state index contributed by atoms with van der Waals surface area (Å²) in [5.41, 5.74) is 3.65. The monoisotopic (exact) mass is 369 g/mol. The summed E-state index contributed by atoms with van der Waals surface area (Å²) >= 11 is 0. The summed E-state index contributed by atoms with van der Waals surface area (Å²) in [5.74, 6) is 1.26. The first-order chi connectivity index (χ1) is 13.7. The predicted molar refractivity (Wildman–Crippen MR) is 108 cm³/mol. The summed E-state index contributed by atoms with van der Waals surface area (Å²) in [5, 5.41) is 0. The minimum Gasteiger partial charge on any atom is -0.441 e. The number of oxazole rings is 1. The lowest BCUT2D eigenvalue weighted by molar-refractivity contribution is -0.133. The van der Waals surface area contributed by atoms with E-state index in [1.54, 1.807) is 19.1 Å². The molecule has 0 saturated carbocycles. The molecule has 0 bridgehead atoms. The number of aryl methyl sites for hydroxylation is 1. The number of rotatable bonds is 5. The van der Waals surface area contributed by atoms with Crippen molar-refractivity contribution in [3.8, 4) is 28.3 Å². The van der Waals surface area contributed by atoms with Gasteiger partial charge >= 0.3 is 5.97 Å². The van der Waals surface area contributed by atoms with Crippen LogP contribution < -0.4 is 4.74 Å². The fourth-order valence-corrected chi connectivity index (χ4v) is 2.95. The second-order valence-corrected chi connectivity index (χ2v) is 6.43. The quantitative estimate of drug-likeness (QED) is 0.346. The van der Waals surface area contributed by atoms with Crippen molar-refractivity contribution in [2.75, 3.05) is 0 Å². The first-order valence-corrected chi connectivity index (χ1v) is 9.07. The summed E-state index contributed by atoms with van der Waals surface area (Å²) in [4.78, 5) is 16.8. The number of ether oxygens (including phenoxy) is 1.